The quantitative estimate of drug-likeness (QED) is 0.728. The van der Waals surface area contributed by atoms with Crippen molar-refractivity contribution >= 4 is 11.8 Å². The molecular weight excluding hydrogens is 206 g/mol. The predicted molar refractivity (Wildman–Crippen MR) is 68.6 cm³/mol. The van der Waals surface area contributed by atoms with Gasteiger partial charge in [-0.2, -0.15) is 11.8 Å². The molecule has 0 spiro atoms. The highest BCUT2D eigenvalue weighted by Gasteiger charge is 2.19. The van der Waals surface area contributed by atoms with Crippen LogP contribution in [0.2, 0.25) is 0 Å². The van der Waals surface area contributed by atoms with Crippen molar-refractivity contribution in [2.75, 3.05) is 18.9 Å². The lowest BCUT2D eigenvalue weighted by molar-refractivity contribution is 0.128. The Morgan fingerprint density at radius 1 is 1.47 bits per heavy atom. The molecule has 0 aromatic rings. The Labute approximate surface area is 98.5 Å². The summed E-state index contributed by atoms with van der Waals surface area (Å²) >= 11 is 2.06. The van der Waals surface area contributed by atoms with Gasteiger partial charge in [-0.15, -0.1) is 0 Å². The van der Waals surface area contributed by atoms with E-state index in [0.717, 1.165) is 13.2 Å². The predicted octanol–water partition coefficient (Wildman–Crippen LogP) is 2.68. The Hall–Kier alpha value is 0.270. The van der Waals surface area contributed by atoms with E-state index in [2.05, 4.69) is 37.8 Å². The molecule has 15 heavy (non-hydrogen) atoms. The maximum Gasteiger partial charge on any atom is 0.0666 e. The van der Waals surface area contributed by atoms with Gasteiger partial charge < -0.3 is 10.1 Å². The number of rotatable bonds is 7. The molecule has 0 aromatic carbocycles. The average molecular weight is 231 g/mol. The van der Waals surface area contributed by atoms with E-state index in [0.29, 0.717) is 17.4 Å². The summed E-state index contributed by atoms with van der Waals surface area (Å²) < 4.78 is 5.64. The minimum Gasteiger partial charge on any atom is -0.377 e. The van der Waals surface area contributed by atoms with Gasteiger partial charge in [0, 0.05) is 23.7 Å². The third-order valence-electron chi connectivity index (χ3n) is 3.04. The molecule has 1 aliphatic heterocycles. The Balaban J connectivity index is 2.17. The molecule has 3 unspecified atom stereocenters. The standard InChI is InChI=1S/C12H25NOS/c1-4-12(13-5-2)10(3)15-9-11-7-6-8-14-11/h10-13H,4-9H2,1-3H3. The molecule has 0 radical (unpaired) electrons. The van der Waals surface area contributed by atoms with Crippen LogP contribution in [0.25, 0.3) is 0 Å². The summed E-state index contributed by atoms with van der Waals surface area (Å²) in [6.07, 6.45) is 4.26. The first-order valence-corrected chi connectivity index (χ1v) is 7.29. The van der Waals surface area contributed by atoms with Crippen molar-refractivity contribution in [3.8, 4) is 0 Å². The van der Waals surface area contributed by atoms with Gasteiger partial charge in [0.15, 0.2) is 0 Å². The molecule has 1 rings (SSSR count). The molecule has 1 saturated heterocycles. The summed E-state index contributed by atoms with van der Waals surface area (Å²) in [6, 6.07) is 0.654. The molecule has 0 saturated carbocycles. The molecule has 1 aliphatic rings. The van der Waals surface area contributed by atoms with Crippen LogP contribution in [0.1, 0.15) is 40.0 Å². The third-order valence-corrected chi connectivity index (χ3v) is 4.46. The maximum absolute atomic E-state index is 5.64. The molecule has 2 nitrogen and oxygen atoms in total. The van der Waals surface area contributed by atoms with E-state index in [4.69, 9.17) is 4.74 Å². The highest BCUT2D eigenvalue weighted by molar-refractivity contribution is 7.99. The normalized spacial score (nSPS) is 25.4. The van der Waals surface area contributed by atoms with E-state index in [-0.39, 0.29) is 0 Å². The lowest BCUT2D eigenvalue weighted by atomic mass is 10.2. The fraction of sp³-hybridized carbons (Fsp3) is 1.00. The molecule has 0 aromatic heterocycles. The van der Waals surface area contributed by atoms with E-state index in [9.17, 15) is 0 Å². The lowest BCUT2D eigenvalue weighted by Gasteiger charge is -2.24. The number of ether oxygens (including phenoxy) is 1. The van der Waals surface area contributed by atoms with E-state index < -0.39 is 0 Å². The molecule has 1 heterocycles. The molecule has 3 atom stereocenters. The second kappa shape index (κ2) is 7.53. The fourth-order valence-electron chi connectivity index (χ4n) is 2.06. The van der Waals surface area contributed by atoms with Crippen LogP contribution < -0.4 is 5.32 Å². The van der Waals surface area contributed by atoms with Gasteiger partial charge in [-0.25, -0.2) is 0 Å². The number of nitrogens with one attached hydrogen (secondary N) is 1. The molecule has 3 heteroatoms. The number of hydrogen-bond donors (Lipinski definition) is 1. The van der Waals surface area contributed by atoms with Crippen molar-refractivity contribution < 1.29 is 4.74 Å². The van der Waals surface area contributed by atoms with Crippen LogP contribution in [0.4, 0.5) is 0 Å². The van der Waals surface area contributed by atoms with Crippen molar-refractivity contribution in [1.29, 1.82) is 0 Å². The zero-order chi connectivity index (χ0) is 11.1. The minimum atomic E-state index is 0.525. The summed E-state index contributed by atoms with van der Waals surface area (Å²) in [6.45, 7) is 8.82. The monoisotopic (exact) mass is 231 g/mol. The summed E-state index contributed by atoms with van der Waals surface area (Å²) in [7, 11) is 0. The van der Waals surface area contributed by atoms with Gasteiger partial charge in [0.25, 0.3) is 0 Å². The van der Waals surface area contributed by atoms with E-state index in [1.54, 1.807) is 0 Å². The van der Waals surface area contributed by atoms with Gasteiger partial charge in [0.1, 0.15) is 0 Å². The van der Waals surface area contributed by atoms with Crippen LogP contribution in [0.5, 0.6) is 0 Å². The van der Waals surface area contributed by atoms with Crippen molar-refractivity contribution in [1.82, 2.24) is 5.32 Å². The molecule has 1 N–H and O–H groups in total. The van der Waals surface area contributed by atoms with Crippen molar-refractivity contribution in [2.24, 2.45) is 0 Å². The highest BCUT2D eigenvalue weighted by Crippen LogP contribution is 2.22. The zero-order valence-electron chi connectivity index (χ0n) is 10.3. The van der Waals surface area contributed by atoms with Gasteiger partial charge >= 0.3 is 0 Å². The van der Waals surface area contributed by atoms with Crippen LogP contribution in [-0.2, 0) is 4.74 Å². The SMILES string of the molecule is CCNC(CC)C(C)SCC1CCCO1. The first-order chi connectivity index (χ1) is 7.27. The Bertz CT molecular complexity index is 160. The number of thioether (sulfide) groups is 1. The third kappa shape index (κ3) is 4.75. The zero-order valence-corrected chi connectivity index (χ0v) is 11.1. The second-order valence-corrected chi connectivity index (χ2v) is 5.66. The molecule has 0 amide bonds. The topological polar surface area (TPSA) is 21.3 Å². The van der Waals surface area contributed by atoms with Crippen molar-refractivity contribution in [3.63, 3.8) is 0 Å². The van der Waals surface area contributed by atoms with Gasteiger partial charge in [-0.05, 0) is 25.8 Å². The summed E-state index contributed by atoms with van der Waals surface area (Å²) in [5.41, 5.74) is 0. The van der Waals surface area contributed by atoms with Crippen LogP contribution >= 0.6 is 11.8 Å². The van der Waals surface area contributed by atoms with Gasteiger partial charge in [-0.3, -0.25) is 0 Å². The highest BCUT2D eigenvalue weighted by atomic mass is 32.2. The van der Waals surface area contributed by atoms with Crippen LogP contribution in [0.3, 0.4) is 0 Å². The molecule has 1 fully saturated rings. The first-order valence-electron chi connectivity index (χ1n) is 6.24. The smallest absolute Gasteiger partial charge is 0.0666 e. The van der Waals surface area contributed by atoms with Gasteiger partial charge in [0.2, 0.25) is 0 Å². The number of hydrogen-bond acceptors (Lipinski definition) is 3. The van der Waals surface area contributed by atoms with Crippen LogP contribution in [0, 0.1) is 0 Å². The second-order valence-electron chi connectivity index (χ2n) is 4.25. The molecular formula is C12H25NOS. The first kappa shape index (κ1) is 13.3. The van der Waals surface area contributed by atoms with Crippen LogP contribution in [-0.4, -0.2) is 36.3 Å². The van der Waals surface area contributed by atoms with Crippen molar-refractivity contribution in [3.05, 3.63) is 0 Å². The largest absolute Gasteiger partial charge is 0.377 e. The molecule has 0 aliphatic carbocycles. The van der Waals surface area contributed by atoms with E-state index >= 15 is 0 Å². The van der Waals surface area contributed by atoms with Gasteiger partial charge in [0.05, 0.1) is 6.10 Å². The lowest BCUT2D eigenvalue weighted by Crippen LogP contribution is -2.36. The maximum atomic E-state index is 5.64. The molecule has 0 bridgehead atoms. The Kier molecular flexibility index (Phi) is 6.69. The van der Waals surface area contributed by atoms with E-state index in [1.165, 1.54) is 25.0 Å². The summed E-state index contributed by atoms with van der Waals surface area (Å²) in [4.78, 5) is 0. The van der Waals surface area contributed by atoms with E-state index in [1.807, 2.05) is 0 Å². The average Bonchev–Trinajstić information content (AvgIpc) is 2.75. The molecule has 90 valence electrons. The minimum absolute atomic E-state index is 0.525. The summed E-state index contributed by atoms with van der Waals surface area (Å²) in [5.74, 6) is 1.17. The Morgan fingerprint density at radius 2 is 2.27 bits per heavy atom. The Morgan fingerprint density at radius 3 is 2.80 bits per heavy atom. The fourth-order valence-corrected chi connectivity index (χ4v) is 3.36. The van der Waals surface area contributed by atoms with Gasteiger partial charge in [-0.1, -0.05) is 20.8 Å². The van der Waals surface area contributed by atoms with Crippen LogP contribution in [0.15, 0.2) is 0 Å². The van der Waals surface area contributed by atoms with Crippen molar-refractivity contribution in [2.45, 2.75) is 57.4 Å². The summed E-state index contributed by atoms with van der Waals surface area (Å²) in [5, 5.41) is 4.24.